The number of imidazole rings is 1. The molecule has 3 aromatic rings. The van der Waals surface area contributed by atoms with Crippen LogP contribution in [0.2, 0.25) is 0 Å². The van der Waals surface area contributed by atoms with E-state index in [1.165, 1.54) is 5.56 Å². The van der Waals surface area contributed by atoms with E-state index in [0.29, 0.717) is 12.6 Å². The van der Waals surface area contributed by atoms with E-state index in [1.54, 1.807) is 6.20 Å². The fourth-order valence-corrected chi connectivity index (χ4v) is 3.93. The largest absolute Gasteiger partial charge is 0.354 e. The summed E-state index contributed by atoms with van der Waals surface area (Å²) in [6.07, 6.45) is 7.85. The number of pyridine rings is 1. The van der Waals surface area contributed by atoms with E-state index in [4.69, 9.17) is 0 Å². The maximum absolute atomic E-state index is 4.56. The number of likely N-dealkylation sites (tertiary alicyclic amines) is 1. The van der Waals surface area contributed by atoms with Gasteiger partial charge in [-0.2, -0.15) is 0 Å². The van der Waals surface area contributed by atoms with Crippen molar-refractivity contribution in [1.29, 1.82) is 0 Å². The number of rotatable bonds is 6. The van der Waals surface area contributed by atoms with Gasteiger partial charge in [0, 0.05) is 57.9 Å². The molecule has 2 N–H and O–H groups in total. The Hall–Kier alpha value is -2.46. The molecule has 4 rings (SSSR count). The number of aliphatic imine (C=N–C) groups is 1. The van der Waals surface area contributed by atoms with Gasteiger partial charge >= 0.3 is 0 Å². The third-order valence-electron chi connectivity index (χ3n) is 5.74. The van der Waals surface area contributed by atoms with Crippen LogP contribution in [0.25, 0.3) is 5.82 Å². The highest BCUT2D eigenvalue weighted by molar-refractivity contribution is 14.0. The van der Waals surface area contributed by atoms with Crippen LogP contribution in [0.15, 0.2) is 66.0 Å². The van der Waals surface area contributed by atoms with Crippen molar-refractivity contribution in [2.24, 2.45) is 4.99 Å². The van der Waals surface area contributed by atoms with E-state index in [0.717, 1.165) is 55.6 Å². The Morgan fingerprint density at radius 3 is 2.47 bits per heavy atom. The second-order valence-corrected chi connectivity index (χ2v) is 7.98. The molecule has 0 unspecified atom stereocenters. The first-order valence-corrected chi connectivity index (χ1v) is 10.9. The summed E-state index contributed by atoms with van der Waals surface area (Å²) in [5.41, 5.74) is 2.50. The van der Waals surface area contributed by atoms with Crippen LogP contribution < -0.4 is 10.6 Å². The summed E-state index contributed by atoms with van der Waals surface area (Å²) in [5.74, 6) is 2.65. The summed E-state index contributed by atoms with van der Waals surface area (Å²) in [7, 11) is 1.82. The third kappa shape index (κ3) is 6.52. The first-order valence-electron chi connectivity index (χ1n) is 10.9. The number of halogens is 1. The molecule has 1 fully saturated rings. The molecule has 0 atom stereocenters. The Morgan fingerprint density at radius 1 is 1.06 bits per heavy atom. The molecule has 1 aliphatic heterocycles. The lowest BCUT2D eigenvalue weighted by atomic mass is 10.0. The quantitative estimate of drug-likeness (QED) is 0.282. The maximum Gasteiger partial charge on any atom is 0.191 e. The number of guanidine groups is 1. The normalized spacial score (nSPS) is 15.2. The van der Waals surface area contributed by atoms with Gasteiger partial charge in [-0.3, -0.25) is 14.5 Å². The van der Waals surface area contributed by atoms with Gasteiger partial charge in [-0.1, -0.05) is 36.4 Å². The molecule has 8 heteroatoms. The van der Waals surface area contributed by atoms with Gasteiger partial charge in [0.25, 0.3) is 0 Å². The lowest BCUT2D eigenvalue weighted by Gasteiger charge is -2.33. The van der Waals surface area contributed by atoms with Crippen LogP contribution >= 0.6 is 24.0 Å². The molecule has 0 amide bonds. The standard InChI is InChI=1S/C24H31N7.HI/c1-19-26-12-15-31(19)23-9-8-21(16-27-23)17-28-24(25-2)29-22-10-13-30(14-11-22)18-20-6-4-3-5-7-20;/h3-9,12,15-16,22H,10-11,13-14,17-18H2,1-2H3,(H2,25,28,29);1H. The van der Waals surface area contributed by atoms with E-state index in [-0.39, 0.29) is 24.0 Å². The van der Waals surface area contributed by atoms with Crippen molar-refractivity contribution in [3.05, 3.63) is 78.0 Å². The van der Waals surface area contributed by atoms with E-state index in [2.05, 4.69) is 66.9 Å². The van der Waals surface area contributed by atoms with Gasteiger partial charge in [0.15, 0.2) is 5.96 Å². The number of hydrogen-bond donors (Lipinski definition) is 2. The van der Waals surface area contributed by atoms with Gasteiger partial charge in [-0.25, -0.2) is 9.97 Å². The third-order valence-corrected chi connectivity index (χ3v) is 5.74. The van der Waals surface area contributed by atoms with Gasteiger partial charge in [-0.15, -0.1) is 24.0 Å². The summed E-state index contributed by atoms with van der Waals surface area (Å²) in [6, 6.07) is 15.3. The Bertz CT molecular complexity index is 977. The van der Waals surface area contributed by atoms with Crippen LogP contribution in [0.4, 0.5) is 0 Å². The van der Waals surface area contributed by atoms with Gasteiger partial charge in [-0.05, 0) is 37.0 Å². The van der Waals surface area contributed by atoms with Crippen molar-refractivity contribution in [3.63, 3.8) is 0 Å². The molecule has 3 heterocycles. The van der Waals surface area contributed by atoms with Crippen molar-refractivity contribution in [3.8, 4) is 5.82 Å². The lowest BCUT2D eigenvalue weighted by molar-refractivity contribution is 0.198. The predicted octanol–water partition coefficient (Wildman–Crippen LogP) is 3.52. The number of hydrogen-bond acceptors (Lipinski definition) is 4. The molecule has 32 heavy (non-hydrogen) atoms. The van der Waals surface area contributed by atoms with Crippen LogP contribution in [-0.4, -0.2) is 51.6 Å². The number of nitrogens with one attached hydrogen (secondary N) is 2. The minimum atomic E-state index is 0. The summed E-state index contributed by atoms with van der Waals surface area (Å²) < 4.78 is 1.97. The summed E-state index contributed by atoms with van der Waals surface area (Å²) in [6.45, 7) is 5.88. The molecule has 0 saturated carbocycles. The molecule has 0 aliphatic carbocycles. The highest BCUT2D eigenvalue weighted by atomic mass is 127. The number of aryl methyl sites for hydroxylation is 1. The van der Waals surface area contributed by atoms with Crippen LogP contribution in [0.5, 0.6) is 0 Å². The predicted molar refractivity (Wildman–Crippen MR) is 140 cm³/mol. The molecule has 0 spiro atoms. The molecule has 1 aliphatic rings. The SMILES string of the molecule is CN=C(NCc1ccc(-n2ccnc2C)nc1)NC1CCN(Cc2ccccc2)CC1.I. The zero-order valence-corrected chi connectivity index (χ0v) is 21.1. The number of aromatic nitrogens is 3. The van der Waals surface area contributed by atoms with Crippen molar-refractivity contribution >= 4 is 29.9 Å². The second kappa shape index (κ2) is 12.0. The highest BCUT2D eigenvalue weighted by Crippen LogP contribution is 2.14. The topological polar surface area (TPSA) is 70.4 Å². The smallest absolute Gasteiger partial charge is 0.191 e. The molecule has 170 valence electrons. The Balaban J connectivity index is 0.00000289. The molecule has 1 saturated heterocycles. The van der Waals surface area contributed by atoms with Crippen molar-refractivity contribution in [1.82, 2.24) is 30.1 Å². The number of piperidine rings is 1. The van der Waals surface area contributed by atoms with Gasteiger partial charge in [0.1, 0.15) is 11.6 Å². The molecule has 2 aromatic heterocycles. The number of benzene rings is 1. The minimum Gasteiger partial charge on any atom is -0.354 e. The average molecular weight is 545 g/mol. The maximum atomic E-state index is 4.56. The summed E-state index contributed by atoms with van der Waals surface area (Å²) in [5, 5.41) is 7.00. The van der Waals surface area contributed by atoms with Crippen molar-refractivity contribution in [2.75, 3.05) is 20.1 Å². The summed E-state index contributed by atoms with van der Waals surface area (Å²) in [4.78, 5) is 15.7. The Kier molecular flexibility index (Phi) is 9.04. The second-order valence-electron chi connectivity index (χ2n) is 7.98. The zero-order chi connectivity index (χ0) is 21.5. The highest BCUT2D eigenvalue weighted by Gasteiger charge is 2.20. The van der Waals surface area contributed by atoms with Gasteiger partial charge < -0.3 is 10.6 Å². The van der Waals surface area contributed by atoms with Crippen LogP contribution in [0.3, 0.4) is 0 Å². The molecule has 7 nitrogen and oxygen atoms in total. The lowest BCUT2D eigenvalue weighted by Crippen LogP contribution is -2.48. The monoisotopic (exact) mass is 545 g/mol. The molecule has 0 radical (unpaired) electrons. The first-order chi connectivity index (χ1) is 15.2. The van der Waals surface area contributed by atoms with E-state index in [9.17, 15) is 0 Å². The van der Waals surface area contributed by atoms with E-state index < -0.39 is 0 Å². The molecular weight excluding hydrogens is 513 g/mol. The molecule has 0 bridgehead atoms. The summed E-state index contributed by atoms with van der Waals surface area (Å²) >= 11 is 0. The Morgan fingerprint density at radius 2 is 1.84 bits per heavy atom. The van der Waals surface area contributed by atoms with E-state index >= 15 is 0 Å². The average Bonchev–Trinajstić information content (AvgIpc) is 3.24. The van der Waals surface area contributed by atoms with Crippen molar-refractivity contribution < 1.29 is 0 Å². The number of nitrogens with zero attached hydrogens (tertiary/aromatic N) is 5. The zero-order valence-electron chi connectivity index (χ0n) is 18.7. The fraction of sp³-hybridized carbons (Fsp3) is 0.375. The minimum absolute atomic E-state index is 0. The molecular formula is C24H32IN7. The van der Waals surface area contributed by atoms with Crippen molar-refractivity contribution in [2.45, 2.75) is 38.9 Å². The molecule has 1 aromatic carbocycles. The Labute approximate surface area is 207 Å². The van der Waals surface area contributed by atoms with E-state index in [1.807, 2.05) is 37.0 Å². The van der Waals surface area contributed by atoms with Crippen LogP contribution in [0.1, 0.15) is 29.8 Å². The van der Waals surface area contributed by atoms with Crippen LogP contribution in [-0.2, 0) is 13.1 Å². The van der Waals surface area contributed by atoms with Crippen LogP contribution in [0, 0.1) is 6.92 Å². The fourth-order valence-electron chi connectivity index (χ4n) is 3.93. The first kappa shape index (κ1) is 24.2. The van der Waals surface area contributed by atoms with Gasteiger partial charge in [0.05, 0.1) is 0 Å². The van der Waals surface area contributed by atoms with Gasteiger partial charge in [0.2, 0.25) is 0 Å².